The summed E-state index contributed by atoms with van der Waals surface area (Å²) in [6.07, 6.45) is 2.81. The van der Waals surface area contributed by atoms with Gasteiger partial charge in [0.15, 0.2) is 5.96 Å². The molecule has 1 amide bonds. The van der Waals surface area contributed by atoms with Gasteiger partial charge in [0.1, 0.15) is 6.54 Å². The van der Waals surface area contributed by atoms with Crippen LogP contribution in [0.5, 0.6) is 0 Å². The van der Waals surface area contributed by atoms with E-state index in [0.717, 1.165) is 25.9 Å². The van der Waals surface area contributed by atoms with Crippen LogP contribution in [0.1, 0.15) is 33.1 Å². The Bertz CT molecular complexity index is 521. The highest BCUT2D eigenvalue weighted by Gasteiger charge is 2.17. The maximum absolute atomic E-state index is 12.0. The van der Waals surface area contributed by atoms with E-state index < -0.39 is 10.0 Å². The SMILES string of the molecule is CCNC(=NCC(=O)N1CCCC1)NCCCN(C)S(=O)(=O)CC.I. The Balaban J connectivity index is 0.00000576. The van der Waals surface area contributed by atoms with Gasteiger partial charge < -0.3 is 15.5 Å². The second kappa shape index (κ2) is 12.7. The molecule has 0 bridgehead atoms. The number of halogens is 1. The maximum atomic E-state index is 12.0. The number of carbonyl (C=O) groups excluding carboxylic acids is 1. The predicted octanol–water partition coefficient (Wildman–Crippen LogP) is 0.454. The largest absolute Gasteiger partial charge is 0.357 e. The topological polar surface area (TPSA) is 94.1 Å². The number of likely N-dealkylation sites (tertiary alicyclic amines) is 1. The van der Waals surface area contributed by atoms with Gasteiger partial charge in [0, 0.05) is 39.8 Å². The Kier molecular flexibility index (Phi) is 12.4. The van der Waals surface area contributed by atoms with Gasteiger partial charge in [0.2, 0.25) is 15.9 Å². The number of nitrogens with one attached hydrogen (secondary N) is 2. The normalized spacial score (nSPS) is 15.2. The zero-order valence-corrected chi connectivity index (χ0v) is 18.6. The Morgan fingerprint density at radius 2 is 1.84 bits per heavy atom. The molecule has 1 fully saturated rings. The zero-order valence-electron chi connectivity index (χ0n) is 15.5. The Hall–Kier alpha value is -0.620. The summed E-state index contributed by atoms with van der Waals surface area (Å²) in [7, 11) is -1.54. The molecule has 2 N–H and O–H groups in total. The molecular formula is C15H32IN5O3S. The van der Waals surface area contributed by atoms with Crippen LogP contribution in [-0.4, -0.2) is 81.6 Å². The molecular weight excluding hydrogens is 457 g/mol. The molecule has 10 heteroatoms. The standard InChI is InChI=1S/C15H31N5O3S.HI/c1-4-16-15(18-13-14(21)20-11-6-7-12-20)17-9-8-10-19(3)24(22,23)5-2;/h4-13H2,1-3H3,(H2,16,17,18);1H. The number of hydrogen-bond acceptors (Lipinski definition) is 4. The molecule has 0 aliphatic carbocycles. The lowest BCUT2D eigenvalue weighted by Gasteiger charge is -2.17. The molecule has 1 saturated heterocycles. The van der Waals surface area contributed by atoms with Gasteiger partial charge in [-0.3, -0.25) is 4.79 Å². The first-order chi connectivity index (χ1) is 11.4. The summed E-state index contributed by atoms with van der Waals surface area (Å²) in [5, 5.41) is 6.23. The van der Waals surface area contributed by atoms with E-state index >= 15 is 0 Å². The van der Waals surface area contributed by atoms with Crippen LogP contribution in [-0.2, 0) is 14.8 Å². The maximum Gasteiger partial charge on any atom is 0.244 e. The van der Waals surface area contributed by atoms with E-state index in [-0.39, 0.29) is 42.2 Å². The van der Waals surface area contributed by atoms with E-state index in [1.54, 1.807) is 14.0 Å². The van der Waals surface area contributed by atoms with Crippen LogP contribution in [0.4, 0.5) is 0 Å². The van der Waals surface area contributed by atoms with Crippen molar-refractivity contribution in [2.75, 3.05) is 52.1 Å². The fraction of sp³-hybridized carbons (Fsp3) is 0.867. The first-order valence-corrected chi connectivity index (χ1v) is 10.3. The molecule has 1 rings (SSSR count). The summed E-state index contributed by atoms with van der Waals surface area (Å²) in [6.45, 7) is 7.14. The molecule has 0 atom stereocenters. The molecule has 0 saturated carbocycles. The van der Waals surface area contributed by atoms with Gasteiger partial charge in [-0.1, -0.05) is 0 Å². The van der Waals surface area contributed by atoms with Gasteiger partial charge in [-0.25, -0.2) is 17.7 Å². The smallest absolute Gasteiger partial charge is 0.244 e. The lowest BCUT2D eigenvalue weighted by Crippen LogP contribution is -2.40. The van der Waals surface area contributed by atoms with Crippen LogP contribution in [0.3, 0.4) is 0 Å². The summed E-state index contributed by atoms with van der Waals surface area (Å²) in [5.41, 5.74) is 0. The minimum Gasteiger partial charge on any atom is -0.357 e. The van der Waals surface area contributed by atoms with Crippen molar-refractivity contribution in [3.05, 3.63) is 0 Å². The summed E-state index contributed by atoms with van der Waals surface area (Å²) in [4.78, 5) is 18.2. The number of sulfonamides is 1. The average molecular weight is 489 g/mol. The number of guanidine groups is 1. The molecule has 0 unspecified atom stereocenters. The van der Waals surface area contributed by atoms with Crippen molar-refractivity contribution in [2.45, 2.75) is 33.1 Å². The highest BCUT2D eigenvalue weighted by atomic mass is 127. The van der Waals surface area contributed by atoms with Crippen molar-refractivity contribution in [2.24, 2.45) is 4.99 Å². The Labute approximate surface area is 168 Å². The fourth-order valence-corrected chi connectivity index (χ4v) is 3.27. The first kappa shape index (κ1) is 24.4. The van der Waals surface area contributed by atoms with Crippen LogP contribution < -0.4 is 10.6 Å². The molecule has 0 spiro atoms. The third-order valence-electron chi connectivity index (χ3n) is 3.96. The fourth-order valence-electron chi connectivity index (χ4n) is 2.42. The number of nitrogens with zero attached hydrogens (tertiary/aromatic N) is 3. The Morgan fingerprint density at radius 1 is 1.20 bits per heavy atom. The lowest BCUT2D eigenvalue weighted by atomic mass is 10.4. The second-order valence-corrected chi connectivity index (χ2v) is 8.15. The molecule has 8 nitrogen and oxygen atoms in total. The molecule has 148 valence electrons. The van der Waals surface area contributed by atoms with Gasteiger partial charge in [-0.05, 0) is 33.1 Å². The monoisotopic (exact) mass is 489 g/mol. The van der Waals surface area contributed by atoms with Crippen molar-refractivity contribution < 1.29 is 13.2 Å². The minimum atomic E-state index is -3.13. The van der Waals surface area contributed by atoms with Crippen molar-refractivity contribution in [3.63, 3.8) is 0 Å². The van der Waals surface area contributed by atoms with Crippen LogP contribution in [0.15, 0.2) is 4.99 Å². The molecule has 0 aromatic carbocycles. The van der Waals surface area contributed by atoms with Crippen LogP contribution in [0.2, 0.25) is 0 Å². The minimum absolute atomic E-state index is 0. The summed E-state index contributed by atoms with van der Waals surface area (Å²) < 4.78 is 24.7. The van der Waals surface area contributed by atoms with Gasteiger partial charge >= 0.3 is 0 Å². The zero-order chi connectivity index (χ0) is 18.0. The number of amides is 1. The molecule has 0 aromatic heterocycles. The van der Waals surface area contributed by atoms with Crippen molar-refractivity contribution in [1.82, 2.24) is 19.8 Å². The third kappa shape index (κ3) is 9.04. The summed E-state index contributed by atoms with van der Waals surface area (Å²) in [5.74, 6) is 0.754. The summed E-state index contributed by atoms with van der Waals surface area (Å²) >= 11 is 0. The lowest BCUT2D eigenvalue weighted by molar-refractivity contribution is -0.128. The van der Waals surface area contributed by atoms with E-state index in [1.807, 2.05) is 11.8 Å². The van der Waals surface area contributed by atoms with Gasteiger partial charge in [0.25, 0.3) is 0 Å². The average Bonchev–Trinajstić information content (AvgIpc) is 3.10. The van der Waals surface area contributed by atoms with E-state index in [4.69, 9.17) is 0 Å². The molecule has 25 heavy (non-hydrogen) atoms. The second-order valence-electron chi connectivity index (χ2n) is 5.79. The van der Waals surface area contributed by atoms with Gasteiger partial charge in [-0.2, -0.15) is 0 Å². The van der Waals surface area contributed by atoms with E-state index in [9.17, 15) is 13.2 Å². The van der Waals surface area contributed by atoms with Crippen LogP contribution in [0, 0.1) is 0 Å². The molecule has 1 heterocycles. The van der Waals surface area contributed by atoms with Crippen molar-refractivity contribution in [3.8, 4) is 0 Å². The molecule has 0 aromatic rings. The number of aliphatic imine (C=N–C) groups is 1. The number of rotatable bonds is 9. The van der Waals surface area contributed by atoms with Crippen molar-refractivity contribution in [1.29, 1.82) is 0 Å². The molecule has 1 aliphatic rings. The van der Waals surface area contributed by atoms with Gasteiger partial charge in [0.05, 0.1) is 5.75 Å². The highest BCUT2D eigenvalue weighted by molar-refractivity contribution is 14.0. The third-order valence-corrected chi connectivity index (χ3v) is 5.82. The van der Waals surface area contributed by atoms with Gasteiger partial charge in [-0.15, -0.1) is 24.0 Å². The first-order valence-electron chi connectivity index (χ1n) is 8.64. The summed E-state index contributed by atoms with van der Waals surface area (Å²) in [6, 6.07) is 0. The van der Waals surface area contributed by atoms with E-state index in [1.165, 1.54) is 4.31 Å². The van der Waals surface area contributed by atoms with Crippen LogP contribution in [0.25, 0.3) is 0 Å². The quantitative estimate of drug-likeness (QED) is 0.212. The van der Waals surface area contributed by atoms with Crippen LogP contribution >= 0.6 is 24.0 Å². The molecule has 1 aliphatic heterocycles. The van der Waals surface area contributed by atoms with Crippen molar-refractivity contribution >= 4 is 45.9 Å². The molecule has 0 radical (unpaired) electrons. The highest BCUT2D eigenvalue weighted by Crippen LogP contribution is 2.07. The van der Waals surface area contributed by atoms with E-state index in [0.29, 0.717) is 32.0 Å². The Morgan fingerprint density at radius 3 is 2.40 bits per heavy atom. The van der Waals surface area contributed by atoms with E-state index in [2.05, 4.69) is 15.6 Å². The predicted molar refractivity (Wildman–Crippen MR) is 112 cm³/mol. The number of hydrogen-bond donors (Lipinski definition) is 2. The number of carbonyl (C=O) groups is 1.